The fourth-order valence-corrected chi connectivity index (χ4v) is 6.98. The molecule has 0 saturated heterocycles. The minimum absolute atomic E-state index is 0.104. The number of nitrogens with two attached hydrogens (primary N) is 1. The standard InChI is InChI=1S/C22H28N2O2S2/c1-22(2,3)12-8-9-13-15(11-27-17(13)10-12)20(26)24-21-18(19(23)25)14-6-4-5-7-16(14)28-21/h11-12H,4-10H2,1-3H3,(H2,23,25)(H,24,26). The van der Waals surface area contributed by atoms with E-state index in [1.807, 2.05) is 5.38 Å². The molecule has 150 valence electrons. The molecule has 0 radical (unpaired) electrons. The lowest BCUT2D eigenvalue weighted by Crippen LogP contribution is -2.27. The third kappa shape index (κ3) is 3.52. The van der Waals surface area contributed by atoms with Gasteiger partial charge in [0.2, 0.25) is 0 Å². The highest BCUT2D eigenvalue weighted by atomic mass is 32.1. The minimum atomic E-state index is -0.435. The molecule has 0 aliphatic heterocycles. The molecule has 2 aliphatic rings. The second-order valence-corrected chi connectivity index (χ2v) is 11.2. The first-order valence-electron chi connectivity index (χ1n) is 10.1. The van der Waals surface area contributed by atoms with Crippen molar-refractivity contribution in [3.05, 3.63) is 37.4 Å². The molecule has 4 nitrogen and oxygen atoms in total. The number of rotatable bonds is 3. The van der Waals surface area contributed by atoms with Crippen molar-refractivity contribution in [3.63, 3.8) is 0 Å². The molecule has 0 aromatic carbocycles. The maximum absolute atomic E-state index is 13.1. The van der Waals surface area contributed by atoms with Crippen molar-refractivity contribution in [1.29, 1.82) is 0 Å². The molecule has 2 aromatic heterocycles. The van der Waals surface area contributed by atoms with Crippen molar-refractivity contribution in [3.8, 4) is 0 Å². The van der Waals surface area contributed by atoms with E-state index in [0.717, 1.165) is 56.1 Å². The van der Waals surface area contributed by atoms with Crippen LogP contribution in [0.25, 0.3) is 0 Å². The zero-order valence-corrected chi connectivity index (χ0v) is 18.4. The normalized spacial score (nSPS) is 19.0. The Labute approximate surface area is 174 Å². The average molecular weight is 417 g/mol. The molecule has 0 saturated carbocycles. The summed E-state index contributed by atoms with van der Waals surface area (Å²) >= 11 is 3.23. The molecule has 3 N–H and O–H groups in total. The SMILES string of the molecule is CC(C)(C)C1CCc2c(C(=O)Nc3sc4c(c3C(N)=O)CCCC4)csc2C1. The van der Waals surface area contributed by atoms with E-state index in [9.17, 15) is 9.59 Å². The van der Waals surface area contributed by atoms with Crippen molar-refractivity contribution in [2.45, 2.75) is 65.7 Å². The number of hydrogen-bond donors (Lipinski definition) is 2. The average Bonchev–Trinajstić information content (AvgIpc) is 3.21. The predicted molar refractivity (Wildman–Crippen MR) is 117 cm³/mol. The van der Waals surface area contributed by atoms with Crippen LogP contribution in [0.1, 0.15) is 81.6 Å². The quantitative estimate of drug-likeness (QED) is 0.723. The first-order valence-corrected chi connectivity index (χ1v) is 11.8. The molecule has 2 aromatic rings. The molecule has 2 aliphatic carbocycles. The van der Waals surface area contributed by atoms with E-state index in [0.29, 0.717) is 16.5 Å². The van der Waals surface area contributed by atoms with E-state index in [2.05, 4.69) is 26.1 Å². The Balaban J connectivity index is 1.59. The Kier molecular flexibility index (Phi) is 5.12. The maximum atomic E-state index is 13.1. The van der Waals surface area contributed by atoms with Crippen LogP contribution in [0.15, 0.2) is 5.38 Å². The summed E-state index contributed by atoms with van der Waals surface area (Å²) < 4.78 is 0. The van der Waals surface area contributed by atoms with Crippen LogP contribution in [0.4, 0.5) is 5.00 Å². The second-order valence-electron chi connectivity index (χ2n) is 9.09. The van der Waals surface area contributed by atoms with Gasteiger partial charge < -0.3 is 11.1 Å². The molecule has 0 bridgehead atoms. The summed E-state index contributed by atoms with van der Waals surface area (Å²) in [4.78, 5) is 27.7. The van der Waals surface area contributed by atoms with Crippen LogP contribution < -0.4 is 11.1 Å². The van der Waals surface area contributed by atoms with Crippen molar-refractivity contribution >= 4 is 39.5 Å². The number of amides is 2. The minimum Gasteiger partial charge on any atom is -0.365 e. The van der Waals surface area contributed by atoms with Crippen molar-refractivity contribution in [2.24, 2.45) is 17.1 Å². The van der Waals surface area contributed by atoms with Gasteiger partial charge in [-0.25, -0.2) is 0 Å². The van der Waals surface area contributed by atoms with E-state index >= 15 is 0 Å². The first-order chi connectivity index (χ1) is 13.3. The van der Waals surface area contributed by atoms with Gasteiger partial charge in [0.1, 0.15) is 5.00 Å². The number of aryl methyl sites for hydroxylation is 1. The first kappa shape index (κ1) is 19.6. The zero-order chi connectivity index (χ0) is 20.1. The van der Waals surface area contributed by atoms with E-state index in [1.165, 1.54) is 26.7 Å². The topological polar surface area (TPSA) is 72.2 Å². The summed E-state index contributed by atoms with van der Waals surface area (Å²) in [7, 11) is 0. The molecule has 4 rings (SSSR count). The largest absolute Gasteiger partial charge is 0.365 e. The van der Waals surface area contributed by atoms with Crippen LogP contribution in [0.5, 0.6) is 0 Å². The number of hydrogen-bond acceptors (Lipinski definition) is 4. The number of fused-ring (bicyclic) bond motifs is 2. The molecule has 28 heavy (non-hydrogen) atoms. The molecule has 6 heteroatoms. The lowest BCUT2D eigenvalue weighted by molar-refractivity contribution is 0.100. The van der Waals surface area contributed by atoms with E-state index in [1.54, 1.807) is 11.3 Å². The fraction of sp³-hybridized carbons (Fsp3) is 0.545. The Hall–Kier alpha value is -1.66. The van der Waals surface area contributed by atoms with Crippen molar-refractivity contribution in [2.75, 3.05) is 5.32 Å². The highest BCUT2D eigenvalue weighted by molar-refractivity contribution is 7.17. The van der Waals surface area contributed by atoms with E-state index < -0.39 is 5.91 Å². The van der Waals surface area contributed by atoms with Crippen molar-refractivity contribution < 1.29 is 9.59 Å². The zero-order valence-electron chi connectivity index (χ0n) is 16.8. The van der Waals surface area contributed by atoms with Crippen LogP contribution in [0.3, 0.4) is 0 Å². The van der Waals surface area contributed by atoms with Gasteiger partial charge in [-0.1, -0.05) is 20.8 Å². The van der Waals surface area contributed by atoms with Gasteiger partial charge in [0.15, 0.2) is 0 Å². The lowest BCUT2D eigenvalue weighted by atomic mass is 9.72. The summed E-state index contributed by atoms with van der Waals surface area (Å²) in [5.74, 6) is 0.114. The highest BCUT2D eigenvalue weighted by Gasteiger charge is 2.32. The van der Waals surface area contributed by atoms with Gasteiger partial charge in [0, 0.05) is 15.1 Å². The molecule has 0 fully saturated rings. The Morgan fingerprint density at radius 2 is 1.86 bits per heavy atom. The molecule has 0 spiro atoms. The van der Waals surface area contributed by atoms with Gasteiger partial charge in [-0.2, -0.15) is 0 Å². The van der Waals surface area contributed by atoms with E-state index in [4.69, 9.17) is 5.73 Å². The van der Waals surface area contributed by atoms with Gasteiger partial charge in [-0.3, -0.25) is 9.59 Å². The van der Waals surface area contributed by atoms with Crippen LogP contribution in [-0.4, -0.2) is 11.8 Å². The summed E-state index contributed by atoms with van der Waals surface area (Å²) in [6.07, 6.45) is 7.17. The van der Waals surface area contributed by atoms with E-state index in [-0.39, 0.29) is 11.3 Å². The van der Waals surface area contributed by atoms with Crippen LogP contribution in [-0.2, 0) is 25.7 Å². The Bertz CT molecular complexity index is 933. The Morgan fingerprint density at radius 1 is 1.11 bits per heavy atom. The summed E-state index contributed by atoms with van der Waals surface area (Å²) in [5.41, 5.74) is 9.51. The summed E-state index contributed by atoms with van der Waals surface area (Å²) in [5, 5.41) is 5.65. The summed E-state index contributed by atoms with van der Waals surface area (Å²) in [6, 6.07) is 0. The van der Waals surface area contributed by atoms with Crippen LogP contribution >= 0.6 is 22.7 Å². The second kappa shape index (κ2) is 7.30. The Morgan fingerprint density at radius 3 is 2.57 bits per heavy atom. The highest BCUT2D eigenvalue weighted by Crippen LogP contribution is 2.42. The predicted octanol–water partition coefficient (Wildman–Crippen LogP) is 5.19. The number of nitrogens with one attached hydrogen (secondary N) is 1. The molecule has 2 amide bonds. The molecule has 1 unspecified atom stereocenters. The van der Waals surface area contributed by atoms with Gasteiger partial charge in [-0.05, 0) is 67.4 Å². The molecule has 1 atom stereocenters. The van der Waals surface area contributed by atoms with Crippen LogP contribution in [0, 0.1) is 11.3 Å². The number of primary amides is 1. The molecule has 2 heterocycles. The number of thiophene rings is 2. The maximum Gasteiger partial charge on any atom is 0.257 e. The number of carbonyl (C=O) groups is 2. The molecular formula is C22H28N2O2S2. The monoisotopic (exact) mass is 416 g/mol. The molecular weight excluding hydrogens is 388 g/mol. The number of carbonyl (C=O) groups excluding carboxylic acids is 2. The smallest absolute Gasteiger partial charge is 0.257 e. The van der Waals surface area contributed by atoms with Crippen LogP contribution in [0.2, 0.25) is 0 Å². The number of anilines is 1. The van der Waals surface area contributed by atoms with Gasteiger partial charge in [0.05, 0.1) is 11.1 Å². The third-order valence-electron chi connectivity index (χ3n) is 6.27. The fourth-order valence-electron chi connectivity index (χ4n) is 4.53. The van der Waals surface area contributed by atoms with Gasteiger partial charge in [0.25, 0.3) is 11.8 Å². The van der Waals surface area contributed by atoms with Gasteiger partial charge in [-0.15, -0.1) is 22.7 Å². The summed E-state index contributed by atoms with van der Waals surface area (Å²) in [6.45, 7) is 6.90. The third-order valence-corrected chi connectivity index (χ3v) is 8.53. The lowest BCUT2D eigenvalue weighted by Gasteiger charge is -2.34. The van der Waals surface area contributed by atoms with Gasteiger partial charge >= 0.3 is 0 Å². The van der Waals surface area contributed by atoms with Crippen molar-refractivity contribution in [1.82, 2.24) is 0 Å².